The maximum atomic E-state index is 5.45. The molecule has 12 heavy (non-hydrogen) atoms. The zero-order chi connectivity index (χ0) is 9.40. The summed E-state index contributed by atoms with van der Waals surface area (Å²) in [6.45, 7) is 8.27. The molecule has 3 nitrogen and oxygen atoms in total. The highest BCUT2D eigenvalue weighted by atomic mass is 16.5. The molecule has 0 aliphatic heterocycles. The Balaban J connectivity index is 3.39. The predicted molar refractivity (Wildman–Crippen MR) is 50.4 cm³/mol. The third-order valence-corrected chi connectivity index (χ3v) is 1.56. The topological polar surface area (TPSA) is 30.5 Å². The van der Waals surface area contributed by atoms with Crippen LogP contribution in [0.5, 0.6) is 0 Å². The van der Waals surface area contributed by atoms with Gasteiger partial charge < -0.3 is 14.8 Å². The Morgan fingerprint density at radius 2 is 1.92 bits per heavy atom. The van der Waals surface area contributed by atoms with Crippen molar-refractivity contribution in [3.8, 4) is 0 Å². The van der Waals surface area contributed by atoms with E-state index in [0.29, 0.717) is 18.8 Å². The number of likely N-dealkylation sites (N-methyl/N-ethyl adjacent to an activating group) is 1. The maximum Gasteiger partial charge on any atom is 0.0645 e. The van der Waals surface area contributed by atoms with Gasteiger partial charge in [0.25, 0.3) is 0 Å². The monoisotopic (exact) mass is 175 g/mol. The van der Waals surface area contributed by atoms with Gasteiger partial charge in [0, 0.05) is 6.61 Å². The summed E-state index contributed by atoms with van der Waals surface area (Å²) >= 11 is 0. The average Bonchev–Trinajstić information content (AvgIpc) is 2.05. The number of nitrogens with one attached hydrogen (secondary N) is 1. The Hall–Kier alpha value is -0.120. The normalized spacial score (nSPS) is 13.8. The quantitative estimate of drug-likeness (QED) is 0.627. The average molecular weight is 175 g/mol. The van der Waals surface area contributed by atoms with Crippen LogP contribution in [0.4, 0.5) is 0 Å². The molecule has 0 spiro atoms. The van der Waals surface area contributed by atoms with Crippen LogP contribution in [0.2, 0.25) is 0 Å². The van der Waals surface area contributed by atoms with Crippen LogP contribution >= 0.6 is 0 Å². The van der Waals surface area contributed by atoms with Crippen LogP contribution in [-0.2, 0) is 9.47 Å². The Morgan fingerprint density at radius 3 is 2.33 bits per heavy atom. The summed E-state index contributed by atoms with van der Waals surface area (Å²) in [6.07, 6.45) is 0.294. The van der Waals surface area contributed by atoms with Gasteiger partial charge in [-0.05, 0) is 27.8 Å². The lowest BCUT2D eigenvalue weighted by Crippen LogP contribution is -2.35. The van der Waals surface area contributed by atoms with Gasteiger partial charge in [0.2, 0.25) is 0 Å². The summed E-state index contributed by atoms with van der Waals surface area (Å²) in [6, 6.07) is 0.312. The van der Waals surface area contributed by atoms with Crippen molar-refractivity contribution in [2.24, 2.45) is 0 Å². The smallest absolute Gasteiger partial charge is 0.0645 e. The Labute approximate surface area is 75.4 Å². The number of hydrogen-bond donors (Lipinski definition) is 1. The molecule has 0 heterocycles. The van der Waals surface area contributed by atoms with Gasteiger partial charge in [-0.15, -0.1) is 0 Å². The largest absolute Gasteiger partial charge is 0.380 e. The summed E-state index contributed by atoms with van der Waals surface area (Å²) in [5, 5.41) is 3.14. The Kier molecular flexibility index (Phi) is 7.45. The van der Waals surface area contributed by atoms with Crippen molar-refractivity contribution in [2.45, 2.75) is 32.9 Å². The van der Waals surface area contributed by atoms with Crippen molar-refractivity contribution in [3.05, 3.63) is 0 Å². The first kappa shape index (κ1) is 11.9. The third kappa shape index (κ3) is 6.58. The molecule has 0 rings (SSSR count). The second-order valence-corrected chi connectivity index (χ2v) is 3.03. The Morgan fingerprint density at radius 1 is 1.25 bits per heavy atom. The van der Waals surface area contributed by atoms with Crippen LogP contribution in [0.3, 0.4) is 0 Å². The molecule has 0 saturated carbocycles. The second-order valence-electron chi connectivity index (χ2n) is 3.03. The van der Waals surface area contributed by atoms with E-state index in [2.05, 4.69) is 5.32 Å². The van der Waals surface area contributed by atoms with E-state index in [1.54, 1.807) is 0 Å². The lowest BCUT2D eigenvalue weighted by Gasteiger charge is -2.17. The molecule has 0 radical (unpaired) electrons. The molecule has 0 saturated heterocycles. The lowest BCUT2D eigenvalue weighted by atomic mass is 10.3. The molecule has 0 bridgehead atoms. The SMILES string of the molecule is CCOCC(COC(C)C)NC. The molecular formula is C9H21NO2. The molecule has 74 valence electrons. The minimum absolute atomic E-state index is 0.294. The van der Waals surface area contributed by atoms with Gasteiger partial charge in [-0.2, -0.15) is 0 Å². The van der Waals surface area contributed by atoms with Crippen LogP contribution in [0.1, 0.15) is 20.8 Å². The number of rotatable bonds is 7. The summed E-state index contributed by atoms with van der Waals surface area (Å²) < 4.78 is 10.7. The predicted octanol–water partition coefficient (Wildman–Crippen LogP) is 1.04. The van der Waals surface area contributed by atoms with Gasteiger partial charge in [0.1, 0.15) is 0 Å². The molecule has 1 N–H and O–H groups in total. The molecule has 3 heteroatoms. The molecule has 0 aromatic rings. The molecule has 0 fully saturated rings. The van der Waals surface area contributed by atoms with E-state index in [1.165, 1.54) is 0 Å². The summed E-state index contributed by atoms with van der Waals surface area (Å²) in [7, 11) is 1.92. The van der Waals surface area contributed by atoms with Gasteiger partial charge in [0.05, 0.1) is 25.4 Å². The van der Waals surface area contributed by atoms with E-state index >= 15 is 0 Å². The van der Waals surface area contributed by atoms with Crippen LogP contribution in [-0.4, -0.2) is 39.0 Å². The number of ether oxygens (including phenoxy) is 2. The van der Waals surface area contributed by atoms with Gasteiger partial charge in [0.15, 0.2) is 0 Å². The maximum absolute atomic E-state index is 5.45. The van der Waals surface area contributed by atoms with Crippen molar-refractivity contribution in [1.82, 2.24) is 5.32 Å². The summed E-state index contributed by atoms with van der Waals surface area (Å²) in [5.74, 6) is 0. The van der Waals surface area contributed by atoms with E-state index in [0.717, 1.165) is 13.2 Å². The first-order valence-electron chi connectivity index (χ1n) is 4.57. The van der Waals surface area contributed by atoms with E-state index < -0.39 is 0 Å². The summed E-state index contributed by atoms with van der Waals surface area (Å²) in [5.41, 5.74) is 0. The third-order valence-electron chi connectivity index (χ3n) is 1.56. The molecule has 1 atom stereocenters. The molecule has 0 aromatic carbocycles. The lowest BCUT2D eigenvalue weighted by molar-refractivity contribution is 0.0332. The molecule has 1 unspecified atom stereocenters. The van der Waals surface area contributed by atoms with Crippen LogP contribution in [0, 0.1) is 0 Å². The zero-order valence-electron chi connectivity index (χ0n) is 8.59. The van der Waals surface area contributed by atoms with Crippen molar-refractivity contribution in [3.63, 3.8) is 0 Å². The number of hydrogen-bond acceptors (Lipinski definition) is 3. The van der Waals surface area contributed by atoms with E-state index in [9.17, 15) is 0 Å². The second kappa shape index (κ2) is 7.53. The van der Waals surface area contributed by atoms with Crippen molar-refractivity contribution in [1.29, 1.82) is 0 Å². The van der Waals surface area contributed by atoms with E-state index in [-0.39, 0.29) is 0 Å². The standard InChI is InChI=1S/C9H21NO2/c1-5-11-6-9(10-4)7-12-8(2)3/h8-10H,5-7H2,1-4H3. The van der Waals surface area contributed by atoms with Gasteiger partial charge >= 0.3 is 0 Å². The highest BCUT2D eigenvalue weighted by Gasteiger charge is 2.06. The molecule has 0 aliphatic rings. The van der Waals surface area contributed by atoms with Crippen LogP contribution in [0.15, 0.2) is 0 Å². The van der Waals surface area contributed by atoms with E-state index in [1.807, 2.05) is 27.8 Å². The van der Waals surface area contributed by atoms with E-state index in [4.69, 9.17) is 9.47 Å². The minimum Gasteiger partial charge on any atom is -0.380 e. The molecule has 0 aromatic heterocycles. The fraction of sp³-hybridized carbons (Fsp3) is 1.00. The summed E-state index contributed by atoms with van der Waals surface area (Å²) in [4.78, 5) is 0. The Bertz CT molecular complexity index is 96.5. The van der Waals surface area contributed by atoms with Crippen molar-refractivity contribution < 1.29 is 9.47 Å². The molecular weight excluding hydrogens is 154 g/mol. The minimum atomic E-state index is 0.294. The van der Waals surface area contributed by atoms with Crippen LogP contribution in [0.25, 0.3) is 0 Å². The zero-order valence-corrected chi connectivity index (χ0v) is 8.59. The van der Waals surface area contributed by atoms with Gasteiger partial charge in [-0.25, -0.2) is 0 Å². The fourth-order valence-electron chi connectivity index (χ4n) is 0.783. The van der Waals surface area contributed by atoms with Gasteiger partial charge in [-0.3, -0.25) is 0 Å². The highest BCUT2D eigenvalue weighted by molar-refractivity contribution is 4.62. The highest BCUT2D eigenvalue weighted by Crippen LogP contribution is 1.92. The van der Waals surface area contributed by atoms with Crippen molar-refractivity contribution in [2.75, 3.05) is 26.9 Å². The first-order valence-corrected chi connectivity index (χ1v) is 4.57. The van der Waals surface area contributed by atoms with Gasteiger partial charge in [-0.1, -0.05) is 0 Å². The van der Waals surface area contributed by atoms with Crippen LogP contribution < -0.4 is 5.32 Å². The molecule has 0 aliphatic carbocycles. The first-order chi connectivity index (χ1) is 5.70. The molecule has 0 amide bonds. The van der Waals surface area contributed by atoms with Crippen molar-refractivity contribution >= 4 is 0 Å². The fourth-order valence-corrected chi connectivity index (χ4v) is 0.783.